The van der Waals surface area contributed by atoms with Crippen LogP contribution < -0.4 is 11.1 Å². The molecule has 1 saturated heterocycles. The molecule has 1 saturated carbocycles. The molecule has 0 aromatic heterocycles. The molecule has 0 aromatic carbocycles. The summed E-state index contributed by atoms with van der Waals surface area (Å²) >= 11 is 0. The Kier molecular flexibility index (Phi) is 11.2. The van der Waals surface area contributed by atoms with Crippen molar-refractivity contribution in [2.24, 2.45) is 10.7 Å². The highest BCUT2D eigenvalue weighted by Crippen LogP contribution is 2.17. The summed E-state index contributed by atoms with van der Waals surface area (Å²) in [5.74, 6) is 0.656. The van der Waals surface area contributed by atoms with Crippen molar-refractivity contribution in [2.45, 2.75) is 57.9 Å². The van der Waals surface area contributed by atoms with E-state index in [9.17, 15) is 0 Å². The molecule has 136 valence electrons. The number of nitrogens with two attached hydrogens (primary N) is 1. The lowest BCUT2D eigenvalue weighted by atomic mass is 9.96. The molecule has 3 N–H and O–H groups in total. The third kappa shape index (κ3) is 8.54. The lowest BCUT2D eigenvalue weighted by molar-refractivity contribution is 0.136. The molecule has 0 amide bonds. The average molecular weight is 437 g/mol. The molecular formula is C17H36IN5. The molecule has 2 rings (SSSR count). The van der Waals surface area contributed by atoms with E-state index in [2.05, 4.69) is 27.0 Å². The van der Waals surface area contributed by atoms with E-state index < -0.39 is 0 Å². The summed E-state index contributed by atoms with van der Waals surface area (Å²) in [4.78, 5) is 9.59. The topological polar surface area (TPSA) is 56.9 Å². The van der Waals surface area contributed by atoms with E-state index in [1.54, 1.807) is 0 Å². The first-order valence-electron chi connectivity index (χ1n) is 9.29. The van der Waals surface area contributed by atoms with Crippen LogP contribution in [0.4, 0.5) is 0 Å². The number of piperazine rings is 1. The van der Waals surface area contributed by atoms with Crippen LogP contribution in [0.2, 0.25) is 0 Å². The van der Waals surface area contributed by atoms with E-state index >= 15 is 0 Å². The number of hydrogen-bond acceptors (Lipinski definition) is 3. The zero-order chi connectivity index (χ0) is 15.6. The summed E-state index contributed by atoms with van der Waals surface area (Å²) in [5.41, 5.74) is 5.98. The minimum absolute atomic E-state index is 0. The van der Waals surface area contributed by atoms with Gasteiger partial charge in [-0.2, -0.15) is 0 Å². The molecule has 23 heavy (non-hydrogen) atoms. The average Bonchev–Trinajstić information content (AvgIpc) is 2.56. The van der Waals surface area contributed by atoms with Gasteiger partial charge in [0.25, 0.3) is 0 Å². The van der Waals surface area contributed by atoms with E-state index in [1.165, 1.54) is 77.8 Å². The predicted molar refractivity (Wildman–Crippen MR) is 110 cm³/mol. The fraction of sp³-hybridized carbons (Fsp3) is 0.941. The lowest BCUT2D eigenvalue weighted by Crippen LogP contribution is -2.46. The summed E-state index contributed by atoms with van der Waals surface area (Å²) in [6, 6.07) is 0.562. The van der Waals surface area contributed by atoms with E-state index in [0.717, 1.165) is 13.0 Å². The Morgan fingerprint density at radius 2 is 1.70 bits per heavy atom. The summed E-state index contributed by atoms with van der Waals surface area (Å²) in [6.45, 7) is 10.4. The van der Waals surface area contributed by atoms with Gasteiger partial charge in [0.05, 0.1) is 0 Å². The molecular weight excluding hydrogens is 401 g/mol. The number of rotatable bonds is 7. The van der Waals surface area contributed by atoms with Gasteiger partial charge in [-0.1, -0.05) is 26.2 Å². The van der Waals surface area contributed by atoms with Crippen LogP contribution in [0.3, 0.4) is 0 Å². The number of unbranched alkanes of at least 4 members (excludes halogenated alkanes) is 1. The third-order valence-corrected chi connectivity index (χ3v) is 5.03. The van der Waals surface area contributed by atoms with Gasteiger partial charge in [-0.15, -0.1) is 24.0 Å². The molecule has 5 nitrogen and oxygen atoms in total. The molecule has 0 bridgehead atoms. The lowest BCUT2D eigenvalue weighted by Gasteiger charge is -2.33. The summed E-state index contributed by atoms with van der Waals surface area (Å²) < 4.78 is 0. The van der Waals surface area contributed by atoms with Crippen molar-refractivity contribution < 1.29 is 0 Å². The van der Waals surface area contributed by atoms with Crippen molar-refractivity contribution in [3.63, 3.8) is 0 Å². The van der Waals surface area contributed by atoms with E-state index in [4.69, 9.17) is 5.73 Å². The monoisotopic (exact) mass is 437 g/mol. The Bertz CT molecular complexity index is 323. The third-order valence-electron chi connectivity index (χ3n) is 5.03. The zero-order valence-corrected chi connectivity index (χ0v) is 17.1. The Labute approximate surface area is 159 Å². The van der Waals surface area contributed by atoms with Crippen molar-refractivity contribution in [3.8, 4) is 0 Å². The maximum atomic E-state index is 5.98. The molecule has 0 radical (unpaired) electrons. The first-order chi connectivity index (χ1) is 10.8. The van der Waals surface area contributed by atoms with Gasteiger partial charge in [-0.25, -0.2) is 0 Å². The van der Waals surface area contributed by atoms with Crippen molar-refractivity contribution in [1.29, 1.82) is 0 Å². The van der Waals surface area contributed by atoms with Crippen molar-refractivity contribution in [3.05, 3.63) is 0 Å². The second kappa shape index (κ2) is 12.3. The Morgan fingerprint density at radius 1 is 1.04 bits per heavy atom. The van der Waals surface area contributed by atoms with Crippen LogP contribution in [-0.2, 0) is 0 Å². The quantitative estimate of drug-likeness (QED) is 0.278. The fourth-order valence-electron chi connectivity index (χ4n) is 3.48. The summed E-state index contributed by atoms with van der Waals surface area (Å²) in [5, 5.41) is 3.38. The molecule has 6 heteroatoms. The highest BCUT2D eigenvalue weighted by atomic mass is 127. The SMILES string of the molecule is CCN1CCN(CCCCN=C(N)NC2CCCCC2)CC1.I. The Morgan fingerprint density at radius 3 is 2.35 bits per heavy atom. The number of nitrogens with one attached hydrogen (secondary N) is 1. The normalized spacial score (nSPS) is 21.9. The molecule has 0 unspecified atom stereocenters. The number of halogens is 1. The van der Waals surface area contributed by atoms with Crippen LogP contribution in [0.5, 0.6) is 0 Å². The van der Waals surface area contributed by atoms with E-state index in [-0.39, 0.29) is 24.0 Å². The largest absolute Gasteiger partial charge is 0.370 e. The molecule has 1 heterocycles. The van der Waals surface area contributed by atoms with Gasteiger partial charge >= 0.3 is 0 Å². The second-order valence-electron chi connectivity index (χ2n) is 6.73. The van der Waals surface area contributed by atoms with Gasteiger partial charge in [0.1, 0.15) is 0 Å². The molecule has 0 atom stereocenters. The standard InChI is InChI=1S/C17H35N5.HI/c1-2-21-12-14-22(15-13-21)11-7-6-10-19-17(18)20-16-8-4-3-5-9-16;/h16H,2-15H2,1H3,(H3,18,19,20);1H. The van der Waals surface area contributed by atoms with Crippen molar-refractivity contribution in [2.75, 3.05) is 45.8 Å². The number of guanidine groups is 1. The first-order valence-corrected chi connectivity index (χ1v) is 9.29. The zero-order valence-electron chi connectivity index (χ0n) is 14.8. The fourth-order valence-corrected chi connectivity index (χ4v) is 3.48. The Hall–Kier alpha value is -0.0800. The minimum Gasteiger partial charge on any atom is -0.370 e. The minimum atomic E-state index is 0. The van der Waals surface area contributed by atoms with Crippen LogP contribution >= 0.6 is 24.0 Å². The van der Waals surface area contributed by atoms with Crippen LogP contribution in [0.25, 0.3) is 0 Å². The van der Waals surface area contributed by atoms with Gasteiger partial charge < -0.3 is 20.9 Å². The van der Waals surface area contributed by atoms with Gasteiger partial charge in [0.15, 0.2) is 5.96 Å². The van der Waals surface area contributed by atoms with Crippen molar-refractivity contribution >= 4 is 29.9 Å². The smallest absolute Gasteiger partial charge is 0.188 e. The molecule has 2 fully saturated rings. The highest BCUT2D eigenvalue weighted by molar-refractivity contribution is 14.0. The van der Waals surface area contributed by atoms with Crippen LogP contribution in [0.15, 0.2) is 4.99 Å². The molecule has 1 aliphatic heterocycles. The van der Waals surface area contributed by atoms with Gasteiger partial charge in [0, 0.05) is 38.8 Å². The number of likely N-dealkylation sites (N-methyl/N-ethyl adjacent to an activating group) is 1. The van der Waals surface area contributed by atoms with Gasteiger partial charge in [-0.3, -0.25) is 4.99 Å². The maximum Gasteiger partial charge on any atom is 0.188 e. The highest BCUT2D eigenvalue weighted by Gasteiger charge is 2.15. The van der Waals surface area contributed by atoms with Crippen LogP contribution in [0.1, 0.15) is 51.9 Å². The summed E-state index contributed by atoms with van der Waals surface area (Å²) in [7, 11) is 0. The molecule has 0 aromatic rings. The van der Waals surface area contributed by atoms with Crippen LogP contribution in [0, 0.1) is 0 Å². The number of aliphatic imine (C=N–C) groups is 1. The van der Waals surface area contributed by atoms with E-state index in [1.807, 2.05) is 0 Å². The molecule has 1 aliphatic carbocycles. The summed E-state index contributed by atoms with van der Waals surface area (Å²) in [6.07, 6.45) is 8.90. The molecule has 0 spiro atoms. The molecule has 2 aliphatic rings. The van der Waals surface area contributed by atoms with Crippen molar-refractivity contribution in [1.82, 2.24) is 15.1 Å². The van der Waals surface area contributed by atoms with Gasteiger partial charge in [-0.05, 0) is 38.8 Å². The number of nitrogens with zero attached hydrogens (tertiary/aromatic N) is 3. The first kappa shape index (κ1) is 21.0. The Balaban J connectivity index is 0.00000264. The maximum absolute atomic E-state index is 5.98. The second-order valence-corrected chi connectivity index (χ2v) is 6.73. The van der Waals surface area contributed by atoms with E-state index in [0.29, 0.717) is 12.0 Å². The van der Waals surface area contributed by atoms with Gasteiger partial charge in [0.2, 0.25) is 0 Å². The number of hydrogen-bond donors (Lipinski definition) is 2. The van der Waals surface area contributed by atoms with Crippen LogP contribution in [-0.4, -0.2) is 67.6 Å². The predicted octanol–water partition coefficient (Wildman–Crippen LogP) is 2.26.